The molecule has 1 aliphatic rings. The van der Waals surface area contributed by atoms with Crippen LogP contribution in [0.1, 0.15) is 18.5 Å². The number of carbonyl (C=O) groups is 1. The first-order valence-electron chi connectivity index (χ1n) is 8.68. The fourth-order valence-corrected chi connectivity index (χ4v) is 3.81. The van der Waals surface area contributed by atoms with Gasteiger partial charge in [-0.3, -0.25) is 0 Å². The number of fused-ring (bicyclic) bond motifs is 4. The van der Waals surface area contributed by atoms with E-state index in [9.17, 15) is 9.90 Å². The fraction of sp³-hybridized carbons (Fsp3) is 0.158. The number of carboxylic acid groups (broad SMARTS) is 1. The molecule has 27 heavy (non-hydrogen) atoms. The van der Waals surface area contributed by atoms with E-state index in [1.807, 2.05) is 18.2 Å². The molecule has 2 aromatic heterocycles. The van der Waals surface area contributed by atoms with Crippen molar-refractivity contribution >= 4 is 33.7 Å². The van der Waals surface area contributed by atoms with Crippen LogP contribution in [-0.4, -0.2) is 35.9 Å². The van der Waals surface area contributed by atoms with Gasteiger partial charge in [-0.15, -0.1) is 0 Å². The number of para-hydroxylation sites is 1. The first-order valence-corrected chi connectivity index (χ1v) is 8.68. The second-order valence-electron chi connectivity index (χ2n) is 6.44. The number of rotatable bonds is 3. The van der Waals surface area contributed by atoms with Crippen LogP contribution in [0.15, 0.2) is 54.2 Å². The van der Waals surface area contributed by atoms with Crippen LogP contribution in [0.2, 0.25) is 0 Å². The first-order chi connectivity index (χ1) is 13.2. The summed E-state index contributed by atoms with van der Waals surface area (Å²) < 4.78 is 3.87. The molecule has 1 aliphatic heterocycles. The minimum absolute atomic E-state index is 0.0679. The molecule has 0 amide bonds. The van der Waals surface area contributed by atoms with Crippen LogP contribution in [0, 0.1) is 0 Å². The zero-order chi connectivity index (χ0) is 18.5. The van der Waals surface area contributed by atoms with Gasteiger partial charge in [-0.2, -0.15) is 4.68 Å². The molecule has 0 saturated carbocycles. The van der Waals surface area contributed by atoms with E-state index < -0.39 is 12.0 Å². The van der Waals surface area contributed by atoms with Crippen molar-refractivity contribution in [2.75, 3.05) is 5.32 Å². The summed E-state index contributed by atoms with van der Waals surface area (Å²) in [5.74, 6) is -0.728. The fourth-order valence-electron chi connectivity index (χ4n) is 3.81. The van der Waals surface area contributed by atoms with E-state index in [0.717, 1.165) is 23.0 Å². The van der Waals surface area contributed by atoms with Crippen molar-refractivity contribution in [2.45, 2.75) is 19.5 Å². The van der Waals surface area contributed by atoms with E-state index in [0.29, 0.717) is 5.95 Å². The highest BCUT2D eigenvalue weighted by atomic mass is 16.4. The van der Waals surface area contributed by atoms with Crippen molar-refractivity contribution < 1.29 is 9.90 Å². The Morgan fingerprint density at radius 1 is 1.19 bits per heavy atom. The summed E-state index contributed by atoms with van der Waals surface area (Å²) in [6.07, 6.45) is 1.63. The maximum Gasteiger partial charge on any atom is 0.352 e. The maximum atomic E-state index is 11.5. The number of anilines is 1. The van der Waals surface area contributed by atoms with Gasteiger partial charge in [0.25, 0.3) is 0 Å². The lowest BCUT2D eigenvalue weighted by atomic mass is 10.0. The molecule has 3 heterocycles. The van der Waals surface area contributed by atoms with E-state index in [1.165, 1.54) is 10.9 Å². The zero-order valence-corrected chi connectivity index (χ0v) is 14.5. The Balaban J connectivity index is 1.75. The van der Waals surface area contributed by atoms with Crippen LogP contribution in [0.25, 0.3) is 21.8 Å². The number of hydrogen-bond acceptors (Lipinski definition) is 5. The molecule has 0 bridgehead atoms. The average molecular weight is 360 g/mol. The van der Waals surface area contributed by atoms with Gasteiger partial charge in [0.1, 0.15) is 11.7 Å². The van der Waals surface area contributed by atoms with Gasteiger partial charge in [0.05, 0.1) is 0 Å². The van der Waals surface area contributed by atoms with Gasteiger partial charge in [-0.05, 0) is 47.2 Å². The number of tetrazole rings is 1. The van der Waals surface area contributed by atoms with Gasteiger partial charge in [-0.25, -0.2) is 4.79 Å². The molecule has 2 N–H and O–H groups in total. The molecule has 4 aromatic rings. The number of aryl methyl sites for hydroxylation is 1. The Morgan fingerprint density at radius 3 is 2.81 bits per heavy atom. The van der Waals surface area contributed by atoms with Crippen LogP contribution in [0.3, 0.4) is 0 Å². The van der Waals surface area contributed by atoms with Gasteiger partial charge >= 0.3 is 5.97 Å². The van der Waals surface area contributed by atoms with Crippen molar-refractivity contribution in [1.29, 1.82) is 0 Å². The predicted octanol–water partition coefficient (Wildman–Crippen LogP) is 2.78. The molecule has 1 atom stereocenters. The van der Waals surface area contributed by atoms with Crippen molar-refractivity contribution in [3.8, 4) is 0 Å². The van der Waals surface area contributed by atoms with Gasteiger partial charge in [0.2, 0.25) is 5.95 Å². The third-order valence-corrected chi connectivity index (χ3v) is 5.01. The third-order valence-electron chi connectivity index (χ3n) is 5.01. The Bertz CT molecular complexity index is 1240. The van der Waals surface area contributed by atoms with Gasteiger partial charge in [0.15, 0.2) is 0 Å². The first kappa shape index (κ1) is 15.6. The number of allylic oxidation sites excluding steroid dienone is 1. The van der Waals surface area contributed by atoms with Crippen molar-refractivity contribution in [3.63, 3.8) is 0 Å². The summed E-state index contributed by atoms with van der Waals surface area (Å²) in [5, 5.41) is 26.0. The number of benzene rings is 2. The summed E-state index contributed by atoms with van der Waals surface area (Å²) in [4.78, 5) is 11.5. The lowest BCUT2D eigenvalue weighted by Gasteiger charge is -2.21. The van der Waals surface area contributed by atoms with E-state index in [1.54, 1.807) is 10.8 Å². The number of aliphatic carboxylic acids is 1. The second kappa shape index (κ2) is 5.66. The van der Waals surface area contributed by atoms with Crippen LogP contribution in [0.4, 0.5) is 5.95 Å². The van der Waals surface area contributed by atoms with E-state index >= 15 is 0 Å². The molecule has 2 aromatic carbocycles. The highest BCUT2D eigenvalue weighted by molar-refractivity contribution is 6.08. The smallest absolute Gasteiger partial charge is 0.352 e. The predicted molar refractivity (Wildman–Crippen MR) is 100 cm³/mol. The molecule has 0 radical (unpaired) electrons. The van der Waals surface area contributed by atoms with Crippen LogP contribution < -0.4 is 5.32 Å². The Morgan fingerprint density at radius 2 is 2.00 bits per heavy atom. The monoisotopic (exact) mass is 360 g/mol. The van der Waals surface area contributed by atoms with Crippen molar-refractivity contribution in [3.05, 3.63) is 59.8 Å². The summed E-state index contributed by atoms with van der Waals surface area (Å²) >= 11 is 0. The molecule has 0 spiro atoms. The van der Waals surface area contributed by atoms with Crippen molar-refractivity contribution in [1.82, 2.24) is 24.8 Å². The maximum absolute atomic E-state index is 11.5. The molecule has 1 unspecified atom stereocenters. The molecule has 8 heteroatoms. The minimum Gasteiger partial charge on any atom is -0.477 e. The Kier molecular flexibility index (Phi) is 3.27. The second-order valence-corrected chi connectivity index (χ2v) is 6.44. The van der Waals surface area contributed by atoms with E-state index in [-0.39, 0.29) is 5.70 Å². The Labute approximate surface area is 153 Å². The number of nitrogens with zero attached hydrogens (tertiary/aromatic N) is 5. The van der Waals surface area contributed by atoms with Crippen LogP contribution in [0.5, 0.6) is 0 Å². The highest BCUT2D eigenvalue weighted by Crippen LogP contribution is 2.34. The Hall–Kier alpha value is -3.68. The van der Waals surface area contributed by atoms with Gasteiger partial charge in [0, 0.05) is 28.4 Å². The third kappa shape index (κ3) is 2.23. The minimum atomic E-state index is -1.04. The summed E-state index contributed by atoms with van der Waals surface area (Å²) in [5.41, 5.74) is 3.33. The van der Waals surface area contributed by atoms with Gasteiger partial charge in [-0.1, -0.05) is 29.4 Å². The topological polar surface area (TPSA) is 97.9 Å². The van der Waals surface area contributed by atoms with E-state index in [4.69, 9.17) is 0 Å². The summed E-state index contributed by atoms with van der Waals surface area (Å²) in [6, 6.07) is 14.1. The lowest BCUT2D eigenvalue weighted by Crippen LogP contribution is -2.24. The largest absolute Gasteiger partial charge is 0.477 e. The van der Waals surface area contributed by atoms with Gasteiger partial charge < -0.3 is 15.0 Å². The molecule has 5 rings (SSSR count). The number of hydrogen-bond donors (Lipinski definition) is 2. The van der Waals surface area contributed by atoms with Crippen molar-refractivity contribution in [2.24, 2.45) is 0 Å². The number of nitrogens with one attached hydrogen (secondary N) is 1. The quantitative estimate of drug-likeness (QED) is 0.583. The number of aromatic nitrogens is 5. The van der Waals surface area contributed by atoms with E-state index in [2.05, 4.69) is 56.6 Å². The molecular formula is C19H16N6O2. The molecule has 134 valence electrons. The molecule has 0 aliphatic carbocycles. The SMILES string of the molecule is CCn1c2ccccc2c2cc(C3C=C(C(=O)O)Nc4nnnn43)ccc21. The zero-order valence-electron chi connectivity index (χ0n) is 14.5. The lowest BCUT2D eigenvalue weighted by molar-refractivity contribution is -0.132. The number of carboxylic acids is 1. The van der Waals surface area contributed by atoms with Crippen LogP contribution in [-0.2, 0) is 11.3 Å². The van der Waals surface area contributed by atoms with Crippen LogP contribution >= 0.6 is 0 Å². The molecule has 8 nitrogen and oxygen atoms in total. The highest BCUT2D eigenvalue weighted by Gasteiger charge is 2.27. The molecular weight excluding hydrogens is 344 g/mol. The average Bonchev–Trinajstić information content (AvgIpc) is 3.29. The summed E-state index contributed by atoms with van der Waals surface area (Å²) in [6.45, 7) is 3.00. The molecule has 0 saturated heterocycles. The normalized spacial score (nSPS) is 16.2. The molecule has 0 fully saturated rings. The summed E-state index contributed by atoms with van der Waals surface area (Å²) in [7, 11) is 0. The standard InChI is InChI=1S/C19H16N6O2/c1-2-24-15-6-4-3-5-12(15)13-9-11(7-8-16(13)24)17-10-14(18(26)27)20-19-21-22-23-25(17)19/h3-10,17H,2H2,1H3,(H,26,27)(H,20,21,23).